The summed E-state index contributed by atoms with van der Waals surface area (Å²) in [5.41, 5.74) is 2.94. The molecule has 1 fully saturated rings. The Morgan fingerprint density at radius 3 is 2.68 bits per heavy atom. The van der Waals surface area contributed by atoms with Gasteiger partial charge in [-0.05, 0) is 25.8 Å². The first-order valence-electron chi connectivity index (χ1n) is 9.32. The van der Waals surface area contributed by atoms with E-state index in [1.165, 1.54) is 0 Å². The van der Waals surface area contributed by atoms with E-state index >= 15 is 0 Å². The average molecular weight is 378 g/mol. The highest BCUT2D eigenvalue weighted by atomic mass is 16.5. The lowest BCUT2D eigenvalue weighted by atomic mass is 10.0. The first kappa shape index (κ1) is 18.2. The van der Waals surface area contributed by atoms with E-state index in [0.29, 0.717) is 41.0 Å². The smallest absolute Gasteiger partial charge is 0.259 e. The van der Waals surface area contributed by atoms with E-state index in [0.717, 1.165) is 12.0 Å². The van der Waals surface area contributed by atoms with E-state index in [1.807, 2.05) is 30.3 Å². The van der Waals surface area contributed by atoms with Crippen LogP contribution in [0.1, 0.15) is 28.9 Å². The second-order valence-electron chi connectivity index (χ2n) is 7.26. The van der Waals surface area contributed by atoms with Crippen molar-refractivity contribution in [1.82, 2.24) is 19.9 Å². The molecule has 1 aliphatic heterocycles. The highest BCUT2D eigenvalue weighted by Gasteiger charge is 2.36. The van der Waals surface area contributed by atoms with Gasteiger partial charge >= 0.3 is 0 Å². The Labute approximate surface area is 162 Å². The fourth-order valence-corrected chi connectivity index (χ4v) is 3.74. The quantitative estimate of drug-likeness (QED) is 0.700. The molecular formula is C21H22N4O3. The number of hydrogen-bond acceptors (Lipinski definition) is 5. The topological polar surface area (TPSA) is 79.5 Å². The number of fused-ring (bicyclic) bond motifs is 1. The molecule has 1 saturated heterocycles. The van der Waals surface area contributed by atoms with Crippen LogP contribution in [0.25, 0.3) is 22.4 Å². The molecule has 3 aromatic rings. The molecule has 1 aliphatic rings. The molecule has 1 atom stereocenters. The van der Waals surface area contributed by atoms with E-state index in [1.54, 1.807) is 36.9 Å². The van der Waals surface area contributed by atoms with Crippen LogP contribution in [0.5, 0.6) is 0 Å². The lowest BCUT2D eigenvalue weighted by Crippen LogP contribution is -2.45. The van der Waals surface area contributed by atoms with Crippen molar-refractivity contribution in [2.45, 2.75) is 25.8 Å². The fraction of sp³-hybridized carbons (Fsp3) is 0.333. The van der Waals surface area contributed by atoms with Crippen LogP contribution in [0.15, 0.2) is 40.9 Å². The van der Waals surface area contributed by atoms with Gasteiger partial charge in [0.1, 0.15) is 6.04 Å². The number of likely N-dealkylation sites (tertiary alicyclic amines) is 1. The van der Waals surface area contributed by atoms with Crippen LogP contribution in [0.3, 0.4) is 0 Å². The molecule has 7 heteroatoms. The summed E-state index contributed by atoms with van der Waals surface area (Å²) in [6.45, 7) is 2.34. The lowest BCUT2D eigenvalue weighted by Gasteiger charge is -2.26. The van der Waals surface area contributed by atoms with Crippen molar-refractivity contribution in [2.75, 3.05) is 20.6 Å². The van der Waals surface area contributed by atoms with Crippen molar-refractivity contribution in [3.05, 3.63) is 47.7 Å². The predicted octanol–water partition coefficient (Wildman–Crippen LogP) is 2.89. The third-order valence-corrected chi connectivity index (χ3v) is 5.16. The number of nitrogens with zero attached hydrogens (tertiary/aromatic N) is 4. The van der Waals surface area contributed by atoms with Gasteiger partial charge in [0, 0.05) is 26.2 Å². The summed E-state index contributed by atoms with van der Waals surface area (Å²) in [4.78, 5) is 33.8. The van der Waals surface area contributed by atoms with Crippen molar-refractivity contribution in [3.8, 4) is 11.3 Å². The molecule has 0 bridgehead atoms. The van der Waals surface area contributed by atoms with Gasteiger partial charge in [-0.1, -0.05) is 35.5 Å². The van der Waals surface area contributed by atoms with Crippen LogP contribution >= 0.6 is 0 Å². The Kier molecular flexibility index (Phi) is 4.58. The van der Waals surface area contributed by atoms with Gasteiger partial charge in [0.25, 0.3) is 11.6 Å². The van der Waals surface area contributed by atoms with Crippen molar-refractivity contribution in [2.24, 2.45) is 0 Å². The van der Waals surface area contributed by atoms with Gasteiger partial charge in [-0.15, -0.1) is 0 Å². The molecule has 2 aromatic heterocycles. The van der Waals surface area contributed by atoms with Crippen LogP contribution in [0.2, 0.25) is 0 Å². The minimum atomic E-state index is -0.439. The summed E-state index contributed by atoms with van der Waals surface area (Å²) in [6, 6.07) is 11.0. The monoisotopic (exact) mass is 378 g/mol. The van der Waals surface area contributed by atoms with Crippen molar-refractivity contribution >= 4 is 22.9 Å². The fourth-order valence-electron chi connectivity index (χ4n) is 3.74. The van der Waals surface area contributed by atoms with Crippen molar-refractivity contribution in [1.29, 1.82) is 0 Å². The number of carbonyl (C=O) groups excluding carboxylic acids is 2. The molecule has 0 radical (unpaired) electrons. The summed E-state index contributed by atoms with van der Waals surface area (Å²) in [5, 5.41) is 4.60. The number of benzene rings is 1. The molecule has 4 rings (SSSR count). The largest absolute Gasteiger partial charge is 0.347 e. The summed E-state index contributed by atoms with van der Waals surface area (Å²) in [6.07, 6.45) is 1.48. The summed E-state index contributed by atoms with van der Waals surface area (Å²) >= 11 is 0. The SMILES string of the molecule is Cc1noc2nc(-c3ccccc3)cc(C(=O)N3CCCC3C(=O)N(C)C)c12. The van der Waals surface area contributed by atoms with Crippen LogP contribution in [-0.2, 0) is 4.79 Å². The van der Waals surface area contributed by atoms with Crippen molar-refractivity contribution < 1.29 is 14.1 Å². The van der Waals surface area contributed by atoms with Gasteiger partial charge in [0.05, 0.1) is 22.3 Å². The number of aromatic nitrogens is 2. The number of amides is 2. The van der Waals surface area contributed by atoms with Crippen LogP contribution in [-0.4, -0.2) is 58.4 Å². The zero-order valence-electron chi connectivity index (χ0n) is 16.2. The third kappa shape index (κ3) is 3.02. The maximum absolute atomic E-state index is 13.5. The average Bonchev–Trinajstić information content (AvgIpc) is 3.34. The highest BCUT2D eigenvalue weighted by Crippen LogP contribution is 2.30. The number of rotatable bonds is 3. The normalized spacial score (nSPS) is 16.5. The van der Waals surface area contributed by atoms with Gasteiger partial charge < -0.3 is 14.3 Å². The van der Waals surface area contributed by atoms with Gasteiger partial charge in [0.15, 0.2) is 0 Å². The minimum absolute atomic E-state index is 0.0542. The molecule has 1 aromatic carbocycles. The number of carbonyl (C=O) groups is 2. The van der Waals surface area contributed by atoms with Crippen LogP contribution in [0.4, 0.5) is 0 Å². The molecule has 7 nitrogen and oxygen atoms in total. The number of likely N-dealkylation sites (N-methyl/N-ethyl adjacent to an activating group) is 1. The molecule has 0 saturated carbocycles. The molecule has 2 amide bonds. The summed E-state index contributed by atoms with van der Waals surface area (Å²) < 4.78 is 5.37. The zero-order valence-corrected chi connectivity index (χ0v) is 16.2. The van der Waals surface area contributed by atoms with Crippen molar-refractivity contribution in [3.63, 3.8) is 0 Å². The molecule has 0 spiro atoms. The molecule has 0 aliphatic carbocycles. The Bertz CT molecular complexity index is 1040. The molecule has 0 N–H and O–H groups in total. The molecule has 144 valence electrons. The van der Waals surface area contributed by atoms with Gasteiger partial charge in [0.2, 0.25) is 5.91 Å². The first-order chi connectivity index (χ1) is 13.5. The van der Waals surface area contributed by atoms with Gasteiger partial charge in [-0.25, -0.2) is 4.98 Å². The number of pyridine rings is 1. The molecule has 28 heavy (non-hydrogen) atoms. The molecule has 1 unspecified atom stereocenters. The van der Waals surface area contributed by atoms with E-state index in [4.69, 9.17) is 4.52 Å². The summed E-state index contributed by atoms with van der Waals surface area (Å²) in [5.74, 6) is -0.241. The highest BCUT2D eigenvalue weighted by molar-refractivity contribution is 6.08. The maximum atomic E-state index is 13.5. The summed E-state index contributed by atoms with van der Waals surface area (Å²) in [7, 11) is 3.43. The standard InChI is InChI=1S/C21H22N4O3/c1-13-18-15(20(26)25-11-7-10-17(25)21(27)24(2)3)12-16(22-19(18)28-23-13)14-8-5-4-6-9-14/h4-6,8-9,12,17H,7,10-11H2,1-3H3. The third-order valence-electron chi connectivity index (χ3n) is 5.16. The lowest BCUT2D eigenvalue weighted by molar-refractivity contribution is -0.132. The van der Waals surface area contributed by atoms with E-state index in [9.17, 15) is 9.59 Å². The predicted molar refractivity (Wildman–Crippen MR) is 105 cm³/mol. The second-order valence-corrected chi connectivity index (χ2v) is 7.26. The van der Waals surface area contributed by atoms with Crippen LogP contribution in [0, 0.1) is 6.92 Å². The molecule has 3 heterocycles. The minimum Gasteiger partial charge on any atom is -0.347 e. The Morgan fingerprint density at radius 1 is 1.21 bits per heavy atom. The first-order valence-corrected chi connectivity index (χ1v) is 9.32. The molecular weight excluding hydrogens is 356 g/mol. The van der Waals surface area contributed by atoms with Gasteiger partial charge in [-0.3, -0.25) is 9.59 Å². The Balaban J connectivity index is 1.82. The van der Waals surface area contributed by atoms with E-state index in [2.05, 4.69) is 10.1 Å². The Morgan fingerprint density at radius 2 is 1.96 bits per heavy atom. The second kappa shape index (κ2) is 7.07. The maximum Gasteiger partial charge on any atom is 0.259 e. The number of aryl methyl sites for hydroxylation is 1. The van der Waals surface area contributed by atoms with Gasteiger partial charge in [-0.2, -0.15) is 0 Å². The van der Waals surface area contributed by atoms with Crippen LogP contribution < -0.4 is 0 Å². The van der Waals surface area contributed by atoms with E-state index < -0.39 is 6.04 Å². The zero-order chi connectivity index (χ0) is 19.8. The number of hydrogen-bond donors (Lipinski definition) is 0. The van der Waals surface area contributed by atoms with E-state index in [-0.39, 0.29) is 11.8 Å². The Hall–Kier alpha value is -3.22.